The Hall–Kier alpha value is -3.04. The van der Waals surface area contributed by atoms with E-state index in [-0.39, 0.29) is 12.1 Å². The van der Waals surface area contributed by atoms with Gasteiger partial charge >= 0.3 is 6.03 Å². The largest absolute Gasteiger partial charge is 0.496 e. The second-order valence-electron chi connectivity index (χ2n) is 6.58. The highest BCUT2D eigenvalue weighted by Crippen LogP contribution is 2.27. The molecule has 2 amide bonds. The van der Waals surface area contributed by atoms with Crippen molar-refractivity contribution in [3.63, 3.8) is 0 Å². The molecule has 1 N–H and O–H groups in total. The highest BCUT2D eigenvalue weighted by Gasteiger charge is 2.20. The number of carbonyl (C=O) groups excluding carboxylic acids is 1. The van der Waals surface area contributed by atoms with Gasteiger partial charge in [-0.1, -0.05) is 30.3 Å². The maximum absolute atomic E-state index is 12.5. The molecule has 0 spiro atoms. The van der Waals surface area contributed by atoms with Crippen molar-refractivity contribution in [3.8, 4) is 11.8 Å². The number of nitrogens with one attached hydrogen (secondary N) is 1. The molecule has 27 heavy (non-hydrogen) atoms. The van der Waals surface area contributed by atoms with Gasteiger partial charge in [0.1, 0.15) is 5.75 Å². The van der Waals surface area contributed by atoms with Crippen molar-refractivity contribution in [1.82, 2.24) is 15.1 Å². The fraction of sp³-hybridized carbons (Fsp3) is 0.333. The molecule has 1 atom stereocenters. The summed E-state index contributed by atoms with van der Waals surface area (Å²) < 4.78 is 5.46. The van der Waals surface area contributed by atoms with Crippen LogP contribution in [0.15, 0.2) is 48.5 Å². The molecule has 0 bridgehead atoms. The second kappa shape index (κ2) is 9.60. The summed E-state index contributed by atoms with van der Waals surface area (Å²) in [7, 11) is 7.33. The number of likely N-dealkylation sites (N-methyl/N-ethyl adjacent to an activating group) is 1. The molecule has 2 rings (SSSR count). The van der Waals surface area contributed by atoms with E-state index in [4.69, 9.17) is 10.00 Å². The summed E-state index contributed by atoms with van der Waals surface area (Å²) in [5.41, 5.74) is 2.53. The maximum atomic E-state index is 12.5. The molecule has 6 nitrogen and oxygen atoms in total. The molecule has 0 aliphatic carbocycles. The molecule has 6 heteroatoms. The summed E-state index contributed by atoms with van der Waals surface area (Å²) >= 11 is 0. The van der Waals surface area contributed by atoms with Crippen LogP contribution in [0.25, 0.3) is 0 Å². The van der Waals surface area contributed by atoms with E-state index in [9.17, 15) is 4.79 Å². The number of amides is 2. The van der Waals surface area contributed by atoms with Crippen molar-refractivity contribution in [2.75, 3.05) is 34.8 Å². The zero-order valence-electron chi connectivity index (χ0n) is 16.3. The minimum Gasteiger partial charge on any atom is -0.496 e. The van der Waals surface area contributed by atoms with Crippen LogP contribution < -0.4 is 10.1 Å². The van der Waals surface area contributed by atoms with Gasteiger partial charge in [-0.05, 0) is 37.9 Å². The summed E-state index contributed by atoms with van der Waals surface area (Å²) in [4.78, 5) is 16.2. The van der Waals surface area contributed by atoms with Crippen LogP contribution in [0.1, 0.15) is 22.7 Å². The quantitative estimate of drug-likeness (QED) is 0.818. The first-order valence-corrected chi connectivity index (χ1v) is 8.73. The molecule has 0 saturated heterocycles. The first-order valence-electron chi connectivity index (χ1n) is 8.73. The minimum atomic E-state index is -0.167. The molecule has 0 radical (unpaired) electrons. The van der Waals surface area contributed by atoms with Gasteiger partial charge in [0.25, 0.3) is 0 Å². The Morgan fingerprint density at radius 2 is 1.93 bits per heavy atom. The smallest absolute Gasteiger partial charge is 0.317 e. The fourth-order valence-electron chi connectivity index (χ4n) is 2.92. The summed E-state index contributed by atoms with van der Waals surface area (Å²) in [6.45, 7) is 0.886. The van der Waals surface area contributed by atoms with Crippen LogP contribution in [0.2, 0.25) is 0 Å². The van der Waals surface area contributed by atoms with Crippen LogP contribution in [0.3, 0.4) is 0 Å². The van der Waals surface area contributed by atoms with Gasteiger partial charge in [-0.15, -0.1) is 0 Å². The van der Waals surface area contributed by atoms with Crippen molar-refractivity contribution >= 4 is 6.03 Å². The molecular weight excluding hydrogens is 340 g/mol. The predicted octanol–water partition coefficient (Wildman–Crippen LogP) is 3.01. The Bertz CT molecular complexity index is 814. The topological polar surface area (TPSA) is 68.6 Å². The zero-order chi connectivity index (χ0) is 19.8. The Balaban J connectivity index is 2.02. The van der Waals surface area contributed by atoms with E-state index < -0.39 is 0 Å². The molecule has 0 aliphatic rings. The molecule has 0 fully saturated rings. The zero-order valence-corrected chi connectivity index (χ0v) is 16.3. The van der Waals surface area contributed by atoms with Crippen LogP contribution in [-0.4, -0.2) is 50.6 Å². The van der Waals surface area contributed by atoms with E-state index in [1.54, 1.807) is 31.2 Å². The van der Waals surface area contributed by atoms with Crippen molar-refractivity contribution < 1.29 is 9.53 Å². The Kier molecular flexibility index (Phi) is 7.21. The van der Waals surface area contributed by atoms with Gasteiger partial charge in [-0.3, -0.25) is 0 Å². The van der Waals surface area contributed by atoms with Gasteiger partial charge in [0.05, 0.1) is 24.8 Å². The summed E-state index contributed by atoms with van der Waals surface area (Å²) in [5, 5.41) is 12.0. The van der Waals surface area contributed by atoms with Gasteiger partial charge in [0.15, 0.2) is 0 Å². The SMILES string of the molecule is COc1ccccc1C(CNC(=O)N(C)Cc1cccc(C#N)c1)N(C)C. The van der Waals surface area contributed by atoms with Crippen LogP contribution in [0.5, 0.6) is 5.75 Å². The standard InChI is InChI=1S/C21H26N4O2/c1-24(2)19(18-10-5-6-11-20(18)27-4)14-23-21(26)25(3)15-17-9-7-8-16(12-17)13-22/h5-12,19H,14-15H2,1-4H3,(H,23,26). The number of para-hydroxylation sites is 1. The monoisotopic (exact) mass is 366 g/mol. The Morgan fingerprint density at radius 3 is 2.59 bits per heavy atom. The number of nitrogens with zero attached hydrogens (tertiary/aromatic N) is 3. The van der Waals surface area contributed by atoms with E-state index in [0.717, 1.165) is 16.9 Å². The molecule has 142 valence electrons. The molecule has 0 heterocycles. The van der Waals surface area contributed by atoms with Crippen LogP contribution in [0, 0.1) is 11.3 Å². The number of rotatable bonds is 7. The number of hydrogen-bond acceptors (Lipinski definition) is 4. The Labute approximate surface area is 161 Å². The number of benzene rings is 2. The lowest BCUT2D eigenvalue weighted by Gasteiger charge is -2.27. The maximum Gasteiger partial charge on any atom is 0.317 e. The number of hydrogen-bond donors (Lipinski definition) is 1. The number of nitriles is 1. The normalized spacial score (nSPS) is 11.6. The number of ether oxygens (including phenoxy) is 1. The average Bonchev–Trinajstić information content (AvgIpc) is 2.68. The third kappa shape index (κ3) is 5.47. The van der Waals surface area contributed by atoms with Gasteiger partial charge in [0.2, 0.25) is 0 Å². The second-order valence-corrected chi connectivity index (χ2v) is 6.58. The van der Waals surface area contributed by atoms with E-state index in [0.29, 0.717) is 18.7 Å². The van der Waals surface area contributed by atoms with Gasteiger partial charge < -0.3 is 19.9 Å². The van der Waals surface area contributed by atoms with E-state index >= 15 is 0 Å². The molecular formula is C21H26N4O2. The number of carbonyl (C=O) groups is 1. The fourth-order valence-corrected chi connectivity index (χ4v) is 2.92. The van der Waals surface area contributed by atoms with Gasteiger partial charge in [-0.25, -0.2) is 4.79 Å². The molecule has 0 aliphatic heterocycles. The van der Waals surface area contributed by atoms with Gasteiger partial charge in [-0.2, -0.15) is 5.26 Å². The molecule has 0 aromatic heterocycles. The first-order chi connectivity index (χ1) is 13.0. The molecule has 0 saturated carbocycles. The van der Waals surface area contributed by atoms with Crippen molar-refractivity contribution in [1.29, 1.82) is 5.26 Å². The highest BCUT2D eigenvalue weighted by atomic mass is 16.5. The van der Waals surface area contributed by atoms with Crippen LogP contribution >= 0.6 is 0 Å². The van der Waals surface area contributed by atoms with E-state index in [2.05, 4.69) is 16.3 Å². The number of methoxy groups -OCH3 is 1. The highest BCUT2D eigenvalue weighted by molar-refractivity contribution is 5.74. The van der Waals surface area contributed by atoms with Crippen molar-refractivity contribution in [2.45, 2.75) is 12.6 Å². The minimum absolute atomic E-state index is 0.0135. The lowest BCUT2D eigenvalue weighted by atomic mass is 10.0. The lowest BCUT2D eigenvalue weighted by molar-refractivity contribution is 0.200. The third-order valence-corrected chi connectivity index (χ3v) is 4.39. The Morgan fingerprint density at radius 1 is 1.19 bits per heavy atom. The number of urea groups is 1. The molecule has 1 unspecified atom stereocenters. The summed E-state index contributed by atoms with van der Waals surface area (Å²) in [6.07, 6.45) is 0. The van der Waals surface area contributed by atoms with Crippen molar-refractivity contribution in [3.05, 3.63) is 65.2 Å². The van der Waals surface area contributed by atoms with Crippen LogP contribution in [0.4, 0.5) is 4.79 Å². The summed E-state index contributed by atoms with van der Waals surface area (Å²) in [5.74, 6) is 0.798. The van der Waals surface area contributed by atoms with E-state index in [1.807, 2.05) is 50.5 Å². The van der Waals surface area contributed by atoms with E-state index in [1.165, 1.54) is 0 Å². The van der Waals surface area contributed by atoms with Crippen LogP contribution in [-0.2, 0) is 6.54 Å². The first kappa shape index (κ1) is 20.3. The predicted molar refractivity (Wildman–Crippen MR) is 105 cm³/mol. The molecule has 2 aromatic carbocycles. The molecule has 2 aromatic rings. The average molecular weight is 366 g/mol. The lowest BCUT2D eigenvalue weighted by Crippen LogP contribution is -2.41. The third-order valence-electron chi connectivity index (χ3n) is 4.39. The summed E-state index contributed by atoms with van der Waals surface area (Å²) in [6, 6.07) is 17.0. The van der Waals surface area contributed by atoms with Crippen molar-refractivity contribution in [2.24, 2.45) is 0 Å². The van der Waals surface area contributed by atoms with Gasteiger partial charge in [0, 0.05) is 25.7 Å².